The number of ether oxygens (including phenoxy) is 1. The zero-order valence-electron chi connectivity index (χ0n) is 13.6. The molecule has 0 spiro atoms. The predicted octanol–water partition coefficient (Wildman–Crippen LogP) is 2.61. The lowest BCUT2D eigenvalue weighted by molar-refractivity contribution is -0.385. The number of carbonyl (C=O) groups excluding carboxylic acids is 2. The molecule has 0 atom stereocenters. The van der Waals surface area contributed by atoms with Crippen molar-refractivity contribution in [1.82, 2.24) is 5.32 Å². The lowest BCUT2D eigenvalue weighted by Crippen LogP contribution is -2.28. The molecule has 2 aromatic rings. The fourth-order valence-electron chi connectivity index (χ4n) is 1.99. The minimum Gasteiger partial charge on any atom is -0.452 e. The zero-order valence-corrected chi connectivity index (χ0v) is 13.6. The number of benzene rings is 2. The van der Waals surface area contributed by atoms with Crippen molar-refractivity contribution >= 4 is 23.6 Å². The van der Waals surface area contributed by atoms with Gasteiger partial charge in [-0.25, -0.2) is 9.18 Å². The van der Waals surface area contributed by atoms with Crippen molar-refractivity contribution in [2.45, 2.75) is 6.54 Å². The maximum Gasteiger partial charge on any atom is 0.331 e. The summed E-state index contributed by atoms with van der Waals surface area (Å²) in [6.45, 7) is -0.329. The van der Waals surface area contributed by atoms with Crippen LogP contribution in [-0.4, -0.2) is 23.4 Å². The monoisotopic (exact) mass is 358 g/mol. The summed E-state index contributed by atoms with van der Waals surface area (Å²) in [4.78, 5) is 33.6. The lowest BCUT2D eigenvalue weighted by atomic mass is 10.1. The molecule has 1 N–H and O–H groups in total. The smallest absolute Gasteiger partial charge is 0.331 e. The summed E-state index contributed by atoms with van der Waals surface area (Å²) in [5, 5.41) is 13.4. The van der Waals surface area contributed by atoms with Gasteiger partial charge in [0.05, 0.1) is 10.5 Å². The summed E-state index contributed by atoms with van der Waals surface area (Å²) < 4.78 is 17.5. The summed E-state index contributed by atoms with van der Waals surface area (Å²) in [7, 11) is 0. The van der Waals surface area contributed by atoms with Gasteiger partial charge in [-0.2, -0.15) is 0 Å². The third-order valence-electron chi connectivity index (χ3n) is 3.28. The van der Waals surface area contributed by atoms with Gasteiger partial charge in [-0.15, -0.1) is 0 Å². The fourth-order valence-corrected chi connectivity index (χ4v) is 1.99. The fraction of sp³-hybridized carbons (Fsp3) is 0.111. The molecule has 0 saturated heterocycles. The molecule has 2 rings (SSSR count). The van der Waals surface area contributed by atoms with E-state index in [1.807, 2.05) is 0 Å². The number of nitrogens with zero attached hydrogens (tertiary/aromatic N) is 1. The van der Waals surface area contributed by atoms with E-state index in [4.69, 9.17) is 4.74 Å². The number of carbonyl (C=O) groups is 2. The maximum absolute atomic E-state index is 12.8. The van der Waals surface area contributed by atoms with Gasteiger partial charge in [-0.1, -0.05) is 24.3 Å². The first kappa shape index (κ1) is 18.8. The third kappa shape index (κ3) is 5.82. The molecule has 134 valence electrons. The number of rotatable bonds is 7. The van der Waals surface area contributed by atoms with Gasteiger partial charge in [0.15, 0.2) is 6.61 Å². The van der Waals surface area contributed by atoms with Crippen molar-refractivity contribution < 1.29 is 23.6 Å². The Morgan fingerprint density at radius 1 is 1.15 bits per heavy atom. The molecule has 0 radical (unpaired) electrons. The van der Waals surface area contributed by atoms with Crippen molar-refractivity contribution in [3.05, 3.63) is 81.7 Å². The van der Waals surface area contributed by atoms with Crippen molar-refractivity contribution in [1.29, 1.82) is 0 Å². The van der Waals surface area contributed by atoms with Crippen LogP contribution in [0, 0.1) is 15.9 Å². The lowest BCUT2D eigenvalue weighted by Gasteiger charge is -2.05. The molecular weight excluding hydrogens is 343 g/mol. The van der Waals surface area contributed by atoms with Gasteiger partial charge < -0.3 is 10.1 Å². The third-order valence-corrected chi connectivity index (χ3v) is 3.28. The number of hydrogen-bond acceptors (Lipinski definition) is 5. The van der Waals surface area contributed by atoms with E-state index >= 15 is 0 Å². The van der Waals surface area contributed by atoms with E-state index in [1.54, 1.807) is 6.07 Å². The molecule has 2 aromatic carbocycles. The Morgan fingerprint density at radius 2 is 1.85 bits per heavy atom. The highest BCUT2D eigenvalue weighted by atomic mass is 19.1. The summed E-state index contributed by atoms with van der Waals surface area (Å²) in [6, 6.07) is 11.5. The molecule has 0 heterocycles. The summed E-state index contributed by atoms with van der Waals surface area (Å²) in [6.07, 6.45) is 2.26. The SMILES string of the molecule is O=C(COC(=O)/C=C/c1ccccc1[N+](=O)[O-])NCc1ccc(F)cc1. The second kappa shape index (κ2) is 9.07. The van der Waals surface area contributed by atoms with E-state index in [9.17, 15) is 24.1 Å². The number of nitrogens with one attached hydrogen (secondary N) is 1. The number of hydrogen-bond donors (Lipinski definition) is 1. The Hall–Kier alpha value is -3.55. The van der Waals surface area contributed by atoms with Crippen LogP contribution in [0.1, 0.15) is 11.1 Å². The molecule has 0 saturated carbocycles. The van der Waals surface area contributed by atoms with Crippen LogP contribution in [0.15, 0.2) is 54.6 Å². The molecule has 26 heavy (non-hydrogen) atoms. The van der Waals surface area contributed by atoms with E-state index in [2.05, 4.69) is 5.32 Å². The Morgan fingerprint density at radius 3 is 2.54 bits per heavy atom. The Kier molecular flexibility index (Phi) is 6.55. The quantitative estimate of drug-likeness (QED) is 0.355. The molecule has 0 bridgehead atoms. The predicted molar refractivity (Wildman–Crippen MR) is 91.3 cm³/mol. The van der Waals surface area contributed by atoms with E-state index in [-0.39, 0.29) is 23.6 Å². The zero-order chi connectivity index (χ0) is 18.9. The largest absolute Gasteiger partial charge is 0.452 e. The highest BCUT2D eigenvalue weighted by Crippen LogP contribution is 2.18. The molecule has 1 amide bonds. The molecular formula is C18H15FN2O5. The molecule has 0 aliphatic heterocycles. The van der Waals surface area contributed by atoms with Crippen LogP contribution in [0.25, 0.3) is 6.08 Å². The normalized spacial score (nSPS) is 10.5. The van der Waals surface area contributed by atoms with E-state index in [1.165, 1.54) is 48.5 Å². The first-order valence-corrected chi connectivity index (χ1v) is 7.55. The number of esters is 1. The van der Waals surface area contributed by atoms with Gasteiger partial charge in [-0.3, -0.25) is 14.9 Å². The average Bonchev–Trinajstić information content (AvgIpc) is 2.64. The van der Waals surface area contributed by atoms with Crippen molar-refractivity contribution in [3.63, 3.8) is 0 Å². The minimum atomic E-state index is -0.805. The minimum absolute atomic E-state index is 0.145. The maximum atomic E-state index is 12.8. The van der Waals surface area contributed by atoms with Gasteiger partial charge in [-0.05, 0) is 29.8 Å². The molecule has 0 aliphatic rings. The molecule has 0 aromatic heterocycles. The van der Waals surface area contributed by atoms with Crippen molar-refractivity contribution in [3.8, 4) is 0 Å². The molecule has 7 nitrogen and oxygen atoms in total. The number of halogens is 1. The Labute approximate surface area is 148 Å². The number of para-hydroxylation sites is 1. The second-order valence-electron chi connectivity index (χ2n) is 5.16. The second-order valence-corrected chi connectivity index (χ2v) is 5.16. The van der Waals surface area contributed by atoms with Gasteiger partial charge in [0.2, 0.25) is 0 Å². The first-order chi connectivity index (χ1) is 12.5. The molecule has 0 fully saturated rings. The van der Waals surface area contributed by atoms with Gasteiger partial charge >= 0.3 is 5.97 Å². The summed E-state index contributed by atoms with van der Waals surface area (Å²) in [5.74, 6) is -1.71. The Bertz CT molecular complexity index is 834. The van der Waals surface area contributed by atoms with E-state index in [0.717, 1.165) is 6.08 Å². The molecule has 8 heteroatoms. The average molecular weight is 358 g/mol. The van der Waals surface area contributed by atoms with Crippen LogP contribution in [0.3, 0.4) is 0 Å². The van der Waals surface area contributed by atoms with Gasteiger partial charge in [0, 0.05) is 18.7 Å². The van der Waals surface area contributed by atoms with Crippen molar-refractivity contribution in [2.24, 2.45) is 0 Å². The van der Waals surface area contributed by atoms with Crippen LogP contribution < -0.4 is 5.32 Å². The van der Waals surface area contributed by atoms with Gasteiger partial charge in [0.1, 0.15) is 5.82 Å². The first-order valence-electron chi connectivity index (χ1n) is 7.55. The van der Waals surface area contributed by atoms with Crippen LogP contribution in [0.5, 0.6) is 0 Å². The van der Waals surface area contributed by atoms with E-state index < -0.39 is 23.4 Å². The van der Waals surface area contributed by atoms with Crippen LogP contribution in [0.4, 0.5) is 10.1 Å². The highest BCUT2D eigenvalue weighted by molar-refractivity contribution is 5.89. The highest BCUT2D eigenvalue weighted by Gasteiger charge is 2.10. The Balaban J connectivity index is 1.80. The molecule has 0 unspecified atom stereocenters. The van der Waals surface area contributed by atoms with Crippen LogP contribution >= 0.6 is 0 Å². The standard InChI is InChI=1S/C18H15FN2O5/c19-15-8-5-13(6-9-15)11-20-17(22)12-26-18(23)10-7-14-3-1-2-4-16(14)21(24)25/h1-10H,11-12H2,(H,20,22)/b10-7+. The van der Waals surface area contributed by atoms with Crippen LogP contribution in [0.2, 0.25) is 0 Å². The van der Waals surface area contributed by atoms with Gasteiger partial charge in [0.25, 0.3) is 11.6 Å². The summed E-state index contributed by atoms with van der Waals surface area (Å²) in [5.41, 5.74) is 0.797. The summed E-state index contributed by atoms with van der Waals surface area (Å²) >= 11 is 0. The van der Waals surface area contributed by atoms with Crippen molar-refractivity contribution in [2.75, 3.05) is 6.61 Å². The molecule has 0 aliphatic carbocycles. The number of nitro groups is 1. The number of amides is 1. The topological polar surface area (TPSA) is 98.5 Å². The van der Waals surface area contributed by atoms with Crippen LogP contribution in [-0.2, 0) is 20.9 Å². The number of nitro benzene ring substituents is 1. The van der Waals surface area contributed by atoms with E-state index in [0.29, 0.717) is 5.56 Å².